The smallest absolute Gasteiger partial charge is 0.407 e. The maximum Gasteiger partial charge on any atom is 0.407 e. The van der Waals surface area contributed by atoms with E-state index in [1.54, 1.807) is 0 Å². The fourth-order valence-corrected chi connectivity index (χ4v) is 23.0. The Bertz CT molecular complexity index is 665. The summed E-state index contributed by atoms with van der Waals surface area (Å²) in [5, 5.41) is 5.69. The van der Waals surface area contributed by atoms with Crippen LogP contribution < -0.4 is 10.6 Å². The summed E-state index contributed by atoms with van der Waals surface area (Å²) in [5.74, 6) is 0. The molecule has 0 heterocycles. The van der Waals surface area contributed by atoms with Crippen LogP contribution in [0.1, 0.15) is 78.1 Å². The lowest BCUT2D eigenvalue weighted by Gasteiger charge is -2.43. The highest BCUT2D eigenvalue weighted by molar-refractivity contribution is 6.89. The highest BCUT2D eigenvalue weighted by Crippen LogP contribution is 2.30. The highest BCUT2D eigenvalue weighted by atomic mass is 28.5. The summed E-state index contributed by atoms with van der Waals surface area (Å²) in [4.78, 5) is 24.2. The minimum atomic E-state index is -2.65. The van der Waals surface area contributed by atoms with Crippen molar-refractivity contribution in [1.29, 1.82) is 0 Å². The molecule has 0 saturated carbocycles. The number of hydrogen-bond donors (Lipinski definition) is 2. The lowest BCUT2D eigenvalue weighted by atomic mass is 10.2. The van der Waals surface area contributed by atoms with Gasteiger partial charge in [0.2, 0.25) is 0 Å². The zero-order chi connectivity index (χ0) is 31.4. The largest absolute Gasteiger partial charge is 0.450 e. The van der Waals surface area contributed by atoms with Gasteiger partial charge in [0.1, 0.15) is 0 Å². The van der Waals surface area contributed by atoms with E-state index in [1.165, 1.54) is 25.7 Å². The quantitative estimate of drug-likeness (QED) is 0.0799. The SMILES string of the molecule is CCCCCCNC(=O)OCCC[Si](C)(O[Si](C)(C)C)O[Si](C)(CCCOC(=O)NCCCCCC)O[Si](C)(C)C. The van der Waals surface area contributed by atoms with E-state index in [0.717, 1.165) is 37.8 Å². The summed E-state index contributed by atoms with van der Waals surface area (Å²) in [6.07, 6.45) is 9.52. The van der Waals surface area contributed by atoms with Gasteiger partial charge in [-0.1, -0.05) is 52.4 Å². The van der Waals surface area contributed by atoms with E-state index in [-0.39, 0.29) is 12.2 Å². The Kier molecular flexibility index (Phi) is 20.7. The Morgan fingerprint density at radius 2 is 0.878 bits per heavy atom. The molecule has 0 rings (SSSR count). The number of unbranched alkanes of at least 4 members (excludes halogenated alkanes) is 6. The van der Waals surface area contributed by atoms with Crippen LogP contribution in [0.2, 0.25) is 64.5 Å². The molecule has 0 aliphatic carbocycles. The number of hydrogen-bond acceptors (Lipinski definition) is 7. The third-order valence-corrected chi connectivity index (χ3v) is 20.4. The van der Waals surface area contributed by atoms with E-state index in [9.17, 15) is 9.59 Å². The predicted octanol–water partition coefficient (Wildman–Crippen LogP) is 8.24. The minimum Gasteiger partial charge on any atom is -0.450 e. The van der Waals surface area contributed by atoms with Crippen molar-refractivity contribution in [2.24, 2.45) is 0 Å². The van der Waals surface area contributed by atoms with Crippen LogP contribution in [0.15, 0.2) is 0 Å². The second-order valence-corrected chi connectivity index (χ2v) is 29.7. The third-order valence-electron chi connectivity index (χ3n) is 6.09. The van der Waals surface area contributed by atoms with Crippen LogP contribution >= 0.6 is 0 Å². The number of amides is 2. The molecular formula is C28H64N2O7Si4. The zero-order valence-corrected chi connectivity index (χ0v) is 32.2. The van der Waals surface area contributed by atoms with Gasteiger partial charge in [0.25, 0.3) is 0 Å². The van der Waals surface area contributed by atoms with Gasteiger partial charge >= 0.3 is 29.3 Å². The average molecular weight is 653 g/mol. The van der Waals surface area contributed by atoms with E-state index in [2.05, 4.69) is 76.9 Å². The first-order chi connectivity index (χ1) is 19.0. The molecule has 2 amide bonds. The normalized spacial score (nSPS) is 15.1. The average Bonchev–Trinajstić information content (AvgIpc) is 2.82. The number of carbonyl (C=O) groups is 2. The van der Waals surface area contributed by atoms with E-state index in [4.69, 9.17) is 21.8 Å². The fourth-order valence-electron chi connectivity index (χ4n) is 4.70. The molecule has 9 nitrogen and oxygen atoms in total. The molecule has 0 fully saturated rings. The number of ether oxygens (including phenoxy) is 2. The molecule has 0 aliphatic rings. The van der Waals surface area contributed by atoms with Gasteiger partial charge in [0.05, 0.1) is 13.2 Å². The predicted molar refractivity (Wildman–Crippen MR) is 179 cm³/mol. The van der Waals surface area contributed by atoms with Crippen molar-refractivity contribution in [3.05, 3.63) is 0 Å². The first-order valence-electron chi connectivity index (χ1n) is 15.9. The lowest BCUT2D eigenvalue weighted by Crippen LogP contribution is -2.58. The molecule has 0 bridgehead atoms. The van der Waals surface area contributed by atoms with Crippen molar-refractivity contribution in [2.75, 3.05) is 26.3 Å². The molecule has 2 unspecified atom stereocenters. The standard InChI is InChI=1S/C28H64N2O7Si4/c1-11-13-15-17-21-29-27(31)33-23-19-25-40(9,35-38(3,4)5)37-41(10,36-39(6,7)8)26-20-24-34-28(32)30-22-18-16-14-12-2/h11-26H2,1-10H3,(H,29,31)(H,30,32). The summed E-state index contributed by atoms with van der Waals surface area (Å²) < 4.78 is 31.3. The molecule has 13 heteroatoms. The second-order valence-electron chi connectivity index (χ2n) is 13.3. The molecule has 0 saturated heterocycles. The maximum atomic E-state index is 12.1. The maximum absolute atomic E-state index is 12.1. The molecule has 0 aromatic heterocycles. The summed E-state index contributed by atoms with van der Waals surface area (Å²) in [6.45, 7) is 23.6. The van der Waals surface area contributed by atoms with Crippen LogP contribution in [0.3, 0.4) is 0 Å². The van der Waals surface area contributed by atoms with Gasteiger partial charge in [-0.05, 0) is 90.1 Å². The topological polar surface area (TPSA) is 104 Å². The van der Waals surface area contributed by atoms with Gasteiger partial charge in [-0.2, -0.15) is 0 Å². The molecule has 0 aliphatic heterocycles. The van der Waals surface area contributed by atoms with Crippen LogP contribution in [0.4, 0.5) is 9.59 Å². The number of rotatable bonds is 24. The summed E-state index contributed by atoms with van der Waals surface area (Å²) in [6, 6.07) is 1.44. The molecule has 41 heavy (non-hydrogen) atoms. The Hall–Kier alpha value is -0.712. The van der Waals surface area contributed by atoms with Crippen LogP contribution in [-0.4, -0.2) is 72.2 Å². The van der Waals surface area contributed by atoms with Crippen LogP contribution in [0.5, 0.6) is 0 Å². The van der Waals surface area contributed by atoms with E-state index >= 15 is 0 Å². The number of alkyl carbamates (subject to hydrolysis) is 2. The van der Waals surface area contributed by atoms with Gasteiger partial charge in [0, 0.05) is 13.1 Å². The Labute approximate surface area is 256 Å². The van der Waals surface area contributed by atoms with Gasteiger partial charge < -0.3 is 32.5 Å². The molecule has 2 N–H and O–H groups in total. The van der Waals surface area contributed by atoms with E-state index < -0.39 is 33.8 Å². The third kappa shape index (κ3) is 24.4. The van der Waals surface area contributed by atoms with Gasteiger partial charge in [0.15, 0.2) is 16.6 Å². The van der Waals surface area contributed by atoms with E-state index in [0.29, 0.717) is 39.1 Å². The number of nitrogens with one attached hydrogen (secondary N) is 2. The Balaban J connectivity index is 5.03. The van der Waals surface area contributed by atoms with Gasteiger partial charge in [-0.25, -0.2) is 9.59 Å². The summed E-state index contributed by atoms with van der Waals surface area (Å²) in [5.41, 5.74) is 0. The first-order valence-corrected chi connectivity index (χ1v) is 27.8. The lowest BCUT2D eigenvalue weighted by molar-refractivity contribution is 0.145. The summed E-state index contributed by atoms with van der Waals surface area (Å²) >= 11 is 0. The van der Waals surface area contributed by atoms with Crippen molar-refractivity contribution in [3.8, 4) is 0 Å². The van der Waals surface area contributed by atoms with Crippen molar-refractivity contribution < 1.29 is 31.4 Å². The minimum absolute atomic E-state index is 0.330. The van der Waals surface area contributed by atoms with Crippen LogP contribution in [0, 0.1) is 0 Å². The second kappa shape index (κ2) is 21.1. The molecule has 0 aromatic rings. The van der Waals surface area contributed by atoms with E-state index in [1.807, 2.05) is 0 Å². The Morgan fingerprint density at radius 1 is 0.512 bits per heavy atom. The van der Waals surface area contributed by atoms with Crippen molar-refractivity contribution >= 4 is 45.9 Å². The van der Waals surface area contributed by atoms with Gasteiger partial charge in [-0.3, -0.25) is 0 Å². The van der Waals surface area contributed by atoms with Crippen LogP contribution in [0.25, 0.3) is 0 Å². The zero-order valence-electron chi connectivity index (χ0n) is 28.2. The first kappa shape index (κ1) is 40.3. The molecule has 2 atom stereocenters. The molecule has 244 valence electrons. The molecule has 0 radical (unpaired) electrons. The fraction of sp³-hybridized carbons (Fsp3) is 0.929. The molecule has 0 spiro atoms. The van der Waals surface area contributed by atoms with Crippen molar-refractivity contribution in [2.45, 2.75) is 143 Å². The Morgan fingerprint density at radius 3 is 1.20 bits per heavy atom. The number of carbonyl (C=O) groups excluding carboxylic acids is 2. The molecular weight excluding hydrogens is 589 g/mol. The summed E-state index contributed by atoms with van der Waals surface area (Å²) in [7, 11) is -9.15. The van der Waals surface area contributed by atoms with Gasteiger partial charge in [-0.15, -0.1) is 0 Å². The molecule has 0 aromatic carbocycles. The highest BCUT2D eigenvalue weighted by Gasteiger charge is 2.46. The van der Waals surface area contributed by atoms with Crippen molar-refractivity contribution in [1.82, 2.24) is 10.6 Å². The monoisotopic (exact) mass is 652 g/mol. The van der Waals surface area contributed by atoms with Crippen LogP contribution in [-0.2, 0) is 21.8 Å². The van der Waals surface area contributed by atoms with Crippen molar-refractivity contribution in [3.63, 3.8) is 0 Å².